The van der Waals surface area contributed by atoms with E-state index in [-0.39, 0.29) is 5.92 Å². The van der Waals surface area contributed by atoms with E-state index in [0.29, 0.717) is 17.9 Å². The van der Waals surface area contributed by atoms with Gasteiger partial charge in [0.15, 0.2) is 0 Å². The topological polar surface area (TPSA) is 49.3 Å². The Morgan fingerprint density at radius 3 is 2.33 bits per heavy atom. The number of carbonyl (C=O) groups excluding carboxylic acids is 1. The zero-order valence-corrected chi connectivity index (χ0v) is 14.6. The number of nitrogens with zero attached hydrogens (tertiary/aromatic N) is 4. The summed E-state index contributed by atoms with van der Waals surface area (Å²) in [7, 11) is 2.20. The molecule has 0 amide bonds. The molecule has 5 heteroatoms. The van der Waals surface area contributed by atoms with Gasteiger partial charge in [-0.1, -0.05) is 6.08 Å². The lowest BCUT2D eigenvalue weighted by atomic mass is 9.85. The minimum Gasteiger partial charge on any atom is -0.332 e. The Labute approximate surface area is 143 Å². The Kier molecular flexibility index (Phi) is 4.12. The van der Waals surface area contributed by atoms with Gasteiger partial charge in [-0.15, -0.1) is 0 Å². The highest BCUT2D eigenvalue weighted by Crippen LogP contribution is 2.34. The third-order valence-electron chi connectivity index (χ3n) is 5.89. The van der Waals surface area contributed by atoms with Gasteiger partial charge in [-0.2, -0.15) is 0 Å². The fraction of sp³-hybridized carbons (Fsp3) is 0.632. The molecule has 24 heavy (non-hydrogen) atoms. The number of fused-ring (bicyclic) bond motifs is 2. The molecule has 2 aliphatic heterocycles. The second kappa shape index (κ2) is 6.28. The highest BCUT2D eigenvalue weighted by atomic mass is 16.1. The number of rotatable bonds is 3. The van der Waals surface area contributed by atoms with E-state index in [1.165, 1.54) is 18.4 Å². The number of Topliss-reactive ketones (excluding diaryl/α,β-unsaturated/α-hetero) is 1. The number of allylic oxidation sites excluding steroid dienone is 2. The summed E-state index contributed by atoms with van der Waals surface area (Å²) in [5.41, 5.74) is 2.41. The first kappa shape index (κ1) is 15.8. The molecule has 3 heterocycles. The van der Waals surface area contributed by atoms with E-state index in [1.807, 2.05) is 12.4 Å². The van der Waals surface area contributed by atoms with Gasteiger partial charge in [0.05, 0.1) is 0 Å². The van der Waals surface area contributed by atoms with Crippen LogP contribution >= 0.6 is 0 Å². The Morgan fingerprint density at radius 2 is 1.79 bits per heavy atom. The van der Waals surface area contributed by atoms with E-state index in [1.54, 1.807) is 6.92 Å². The molecule has 3 atom stereocenters. The number of carbonyl (C=O) groups is 1. The van der Waals surface area contributed by atoms with Gasteiger partial charge in [0.25, 0.3) is 0 Å². The van der Waals surface area contributed by atoms with Crippen LogP contribution in [0.5, 0.6) is 0 Å². The summed E-state index contributed by atoms with van der Waals surface area (Å²) in [6.45, 7) is 3.92. The third kappa shape index (κ3) is 2.86. The van der Waals surface area contributed by atoms with Crippen molar-refractivity contribution in [1.29, 1.82) is 0 Å². The van der Waals surface area contributed by atoms with Gasteiger partial charge in [0, 0.05) is 49.0 Å². The largest absolute Gasteiger partial charge is 0.332 e. The standard InChI is InChI=1S/C19H26N4O/c1-13(24)14-3-5-15(6-4-14)16-9-20-19(21-10-16)23-17-7-8-18(23)12-22(2)11-17/h5,9-10,14,17-18H,3-4,6-8,11-12H2,1-2H3/t14-,17?,18?/m1/s1. The molecule has 2 fully saturated rings. The summed E-state index contributed by atoms with van der Waals surface area (Å²) in [6, 6.07) is 1.12. The Hall–Kier alpha value is -1.75. The molecule has 0 N–H and O–H groups in total. The maximum atomic E-state index is 11.5. The van der Waals surface area contributed by atoms with Crippen LogP contribution in [0.15, 0.2) is 18.5 Å². The lowest BCUT2D eigenvalue weighted by Gasteiger charge is -2.39. The molecule has 4 rings (SSSR count). The van der Waals surface area contributed by atoms with Crippen molar-refractivity contribution in [3.8, 4) is 0 Å². The summed E-state index contributed by atoms with van der Waals surface area (Å²) in [6.07, 6.45) is 11.4. The molecule has 1 aromatic rings. The van der Waals surface area contributed by atoms with Crippen molar-refractivity contribution in [3.63, 3.8) is 0 Å². The maximum Gasteiger partial charge on any atom is 0.225 e. The molecule has 2 unspecified atom stereocenters. The number of hydrogen-bond acceptors (Lipinski definition) is 5. The van der Waals surface area contributed by atoms with Crippen LogP contribution < -0.4 is 4.90 Å². The van der Waals surface area contributed by atoms with Crippen LogP contribution in [0.3, 0.4) is 0 Å². The van der Waals surface area contributed by atoms with Gasteiger partial charge in [0.1, 0.15) is 5.78 Å². The van der Waals surface area contributed by atoms with E-state index in [4.69, 9.17) is 0 Å². The van der Waals surface area contributed by atoms with Crippen molar-refractivity contribution in [2.24, 2.45) is 5.92 Å². The summed E-state index contributed by atoms with van der Waals surface area (Å²) < 4.78 is 0. The van der Waals surface area contributed by atoms with Crippen LogP contribution in [0.1, 0.15) is 44.6 Å². The van der Waals surface area contributed by atoms with Gasteiger partial charge in [-0.05, 0) is 51.6 Å². The molecule has 1 aromatic heterocycles. The van der Waals surface area contributed by atoms with Crippen molar-refractivity contribution in [1.82, 2.24) is 14.9 Å². The second-order valence-electron chi connectivity index (χ2n) is 7.60. The highest BCUT2D eigenvalue weighted by Gasteiger charge is 2.40. The van der Waals surface area contributed by atoms with E-state index < -0.39 is 0 Å². The smallest absolute Gasteiger partial charge is 0.225 e. The van der Waals surface area contributed by atoms with Gasteiger partial charge >= 0.3 is 0 Å². The Bertz CT molecular complexity index is 640. The van der Waals surface area contributed by atoms with Gasteiger partial charge in [-0.25, -0.2) is 9.97 Å². The van der Waals surface area contributed by atoms with E-state index in [0.717, 1.165) is 43.9 Å². The van der Waals surface area contributed by atoms with Crippen LogP contribution in [0.25, 0.3) is 5.57 Å². The summed E-state index contributed by atoms with van der Waals surface area (Å²) in [4.78, 5) is 25.7. The van der Waals surface area contributed by atoms with E-state index >= 15 is 0 Å². The van der Waals surface area contributed by atoms with Gasteiger partial charge in [-0.3, -0.25) is 4.79 Å². The van der Waals surface area contributed by atoms with E-state index in [2.05, 4.69) is 32.9 Å². The van der Waals surface area contributed by atoms with Crippen molar-refractivity contribution in [2.45, 2.75) is 51.1 Å². The molecule has 0 radical (unpaired) electrons. The minimum absolute atomic E-state index is 0.204. The molecule has 1 aliphatic carbocycles. The minimum atomic E-state index is 0.204. The first-order chi connectivity index (χ1) is 11.6. The monoisotopic (exact) mass is 326 g/mol. The number of likely N-dealkylation sites (tertiary alicyclic amines) is 1. The number of piperazine rings is 1. The quantitative estimate of drug-likeness (QED) is 0.854. The first-order valence-electron chi connectivity index (χ1n) is 9.10. The second-order valence-corrected chi connectivity index (χ2v) is 7.60. The van der Waals surface area contributed by atoms with Gasteiger partial charge in [0.2, 0.25) is 5.95 Å². The van der Waals surface area contributed by atoms with Crippen molar-refractivity contribution < 1.29 is 4.79 Å². The van der Waals surface area contributed by atoms with E-state index in [9.17, 15) is 4.79 Å². The summed E-state index contributed by atoms with van der Waals surface area (Å²) in [5.74, 6) is 1.40. The fourth-order valence-corrected chi connectivity index (χ4v) is 4.53. The predicted molar refractivity (Wildman–Crippen MR) is 94.8 cm³/mol. The molecule has 3 aliphatic rings. The number of hydrogen-bond donors (Lipinski definition) is 0. The summed E-state index contributed by atoms with van der Waals surface area (Å²) in [5, 5.41) is 0. The molecule has 0 saturated carbocycles. The lowest BCUT2D eigenvalue weighted by Crippen LogP contribution is -2.53. The Morgan fingerprint density at radius 1 is 1.12 bits per heavy atom. The molecule has 5 nitrogen and oxygen atoms in total. The zero-order chi connectivity index (χ0) is 16.7. The molecular formula is C19H26N4O. The molecular weight excluding hydrogens is 300 g/mol. The fourth-order valence-electron chi connectivity index (χ4n) is 4.53. The summed E-state index contributed by atoms with van der Waals surface area (Å²) >= 11 is 0. The zero-order valence-electron chi connectivity index (χ0n) is 14.6. The average Bonchev–Trinajstić information content (AvgIpc) is 2.86. The molecule has 0 spiro atoms. The van der Waals surface area contributed by atoms with Crippen LogP contribution in [0.2, 0.25) is 0 Å². The normalized spacial score (nSPS) is 30.3. The predicted octanol–water partition coefficient (Wildman–Crippen LogP) is 2.53. The maximum absolute atomic E-state index is 11.5. The first-order valence-corrected chi connectivity index (χ1v) is 9.10. The number of aromatic nitrogens is 2. The van der Waals surface area contributed by atoms with Crippen LogP contribution in [-0.2, 0) is 4.79 Å². The number of anilines is 1. The highest BCUT2D eigenvalue weighted by molar-refractivity contribution is 5.80. The third-order valence-corrected chi connectivity index (χ3v) is 5.89. The molecule has 2 bridgehead atoms. The Balaban J connectivity index is 1.49. The molecule has 2 saturated heterocycles. The molecule has 128 valence electrons. The molecule has 0 aromatic carbocycles. The van der Waals surface area contributed by atoms with Crippen LogP contribution in [-0.4, -0.2) is 52.9 Å². The van der Waals surface area contributed by atoms with Gasteiger partial charge < -0.3 is 9.80 Å². The lowest BCUT2D eigenvalue weighted by molar-refractivity contribution is -0.120. The van der Waals surface area contributed by atoms with Crippen molar-refractivity contribution in [2.75, 3.05) is 25.0 Å². The number of likely N-dealkylation sites (N-methyl/N-ethyl adjacent to an activating group) is 1. The van der Waals surface area contributed by atoms with Crippen LogP contribution in [0, 0.1) is 5.92 Å². The SMILES string of the molecule is CC(=O)[C@@H]1CC=C(c2cnc(N3C4CCC3CN(C)C4)nc2)CC1. The van der Waals surface area contributed by atoms with Crippen molar-refractivity contribution in [3.05, 3.63) is 24.0 Å². The number of ketones is 1. The average molecular weight is 326 g/mol. The van der Waals surface area contributed by atoms with Crippen molar-refractivity contribution >= 4 is 17.3 Å². The van der Waals surface area contributed by atoms with Crippen LogP contribution in [0.4, 0.5) is 5.95 Å².